The molecule has 9 nitrogen and oxygen atoms in total. The van der Waals surface area contributed by atoms with Crippen molar-refractivity contribution in [3.05, 3.63) is 108 Å². The molecule has 0 saturated heterocycles. The predicted octanol–water partition coefficient (Wildman–Crippen LogP) is 5.56. The molecule has 0 unspecified atom stereocenters. The van der Waals surface area contributed by atoms with E-state index in [9.17, 15) is 39.6 Å². The van der Waals surface area contributed by atoms with Crippen LogP contribution in [0.4, 0.5) is 32.0 Å². The van der Waals surface area contributed by atoms with Crippen LogP contribution in [0.1, 0.15) is 27.3 Å². The number of sulfonamides is 1. The van der Waals surface area contributed by atoms with Crippen molar-refractivity contribution in [2.75, 3.05) is 5.32 Å². The van der Waals surface area contributed by atoms with Gasteiger partial charge in [-0.15, -0.1) is 0 Å². The number of fused-ring (bicyclic) bond motifs is 1. The van der Waals surface area contributed by atoms with Crippen molar-refractivity contribution in [2.45, 2.75) is 23.8 Å². The number of anilines is 1. The maximum atomic E-state index is 13.9. The molecule has 5 aromatic rings. The standard InChI is InChI=1S/C27H18F6N6O3S/c28-26(29,30)18-6-4-17(5-7-18)21-13-23(27(31,32)33)39-24(37-21)14-22(38-39)25(40)36-19-2-1-3-20(12-19)43(41,42)35-15-16-8-10-34-11-9-16/h1-14,35H,15H2,(H,36,40). The molecule has 0 fully saturated rings. The van der Waals surface area contributed by atoms with Crippen molar-refractivity contribution >= 4 is 27.3 Å². The van der Waals surface area contributed by atoms with E-state index in [0.29, 0.717) is 28.3 Å². The number of halogens is 6. The van der Waals surface area contributed by atoms with E-state index in [0.717, 1.165) is 24.3 Å². The Morgan fingerprint density at radius 3 is 2.21 bits per heavy atom. The predicted molar refractivity (Wildman–Crippen MR) is 141 cm³/mol. The molecule has 2 N–H and O–H groups in total. The molecule has 0 aliphatic heterocycles. The zero-order chi connectivity index (χ0) is 31.0. The third kappa shape index (κ3) is 6.65. The number of carbonyl (C=O) groups excluding carboxylic acids is 1. The molecular weight excluding hydrogens is 602 g/mol. The third-order valence-electron chi connectivity index (χ3n) is 6.08. The largest absolute Gasteiger partial charge is 0.433 e. The summed E-state index contributed by atoms with van der Waals surface area (Å²) in [5, 5.41) is 6.13. The summed E-state index contributed by atoms with van der Waals surface area (Å²) in [5.41, 5.74) is -2.83. The molecule has 0 saturated carbocycles. The van der Waals surface area contributed by atoms with Gasteiger partial charge in [0.15, 0.2) is 17.0 Å². The first kappa shape index (κ1) is 29.7. The molecule has 0 aliphatic carbocycles. The van der Waals surface area contributed by atoms with Gasteiger partial charge in [0.1, 0.15) is 0 Å². The molecule has 16 heteroatoms. The summed E-state index contributed by atoms with van der Waals surface area (Å²) in [4.78, 5) is 20.7. The minimum absolute atomic E-state index is 0.0169. The van der Waals surface area contributed by atoms with Crippen LogP contribution in [0, 0.1) is 0 Å². The summed E-state index contributed by atoms with van der Waals surface area (Å²) in [6, 6.07) is 13.4. The van der Waals surface area contributed by atoms with Gasteiger partial charge in [-0.25, -0.2) is 22.6 Å². The quantitative estimate of drug-likeness (QED) is 0.230. The maximum absolute atomic E-state index is 13.9. The summed E-state index contributed by atoms with van der Waals surface area (Å²) in [6.07, 6.45) is -6.60. The van der Waals surface area contributed by atoms with Crippen molar-refractivity contribution in [2.24, 2.45) is 0 Å². The number of benzene rings is 2. The molecule has 2 aromatic carbocycles. The highest BCUT2D eigenvalue weighted by Gasteiger charge is 2.36. The Kier molecular flexibility index (Phi) is 7.66. The van der Waals surface area contributed by atoms with Crippen LogP contribution in [0.2, 0.25) is 0 Å². The minimum atomic E-state index is -4.96. The van der Waals surface area contributed by atoms with E-state index in [4.69, 9.17) is 0 Å². The monoisotopic (exact) mass is 620 g/mol. The first-order chi connectivity index (χ1) is 20.2. The lowest BCUT2D eigenvalue weighted by Crippen LogP contribution is -2.23. The number of hydrogen-bond donors (Lipinski definition) is 2. The van der Waals surface area contributed by atoms with Crippen molar-refractivity contribution in [1.29, 1.82) is 0 Å². The average Bonchev–Trinajstić information content (AvgIpc) is 3.40. The van der Waals surface area contributed by atoms with Gasteiger partial charge in [0.05, 0.1) is 16.2 Å². The molecule has 0 radical (unpaired) electrons. The first-order valence-electron chi connectivity index (χ1n) is 12.2. The van der Waals surface area contributed by atoms with Crippen LogP contribution in [-0.4, -0.2) is 33.9 Å². The Bertz CT molecular complexity index is 1910. The highest BCUT2D eigenvalue weighted by molar-refractivity contribution is 7.89. The number of pyridine rings is 1. The van der Waals surface area contributed by atoms with E-state index in [1.165, 1.54) is 30.6 Å². The summed E-state index contributed by atoms with van der Waals surface area (Å²) >= 11 is 0. The van der Waals surface area contributed by atoms with E-state index in [2.05, 4.69) is 25.1 Å². The van der Waals surface area contributed by atoms with E-state index < -0.39 is 50.9 Å². The van der Waals surface area contributed by atoms with Crippen molar-refractivity contribution < 1.29 is 39.6 Å². The second kappa shape index (κ2) is 11.1. The fourth-order valence-electron chi connectivity index (χ4n) is 3.96. The van der Waals surface area contributed by atoms with Gasteiger partial charge in [-0.3, -0.25) is 9.78 Å². The Hall–Kier alpha value is -4.83. The Balaban J connectivity index is 1.41. The number of alkyl halides is 6. The van der Waals surface area contributed by atoms with Crippen molar-refractivity contribution in [1.82, 2.24) is 24.3 Å². The third-order valence-corrected chi connectivity index (χ3v) is 7.48. The van der Waals surface area contributed by atoms with Crippen LogP contribution >= 0.6 is 0 Å². The molecule has 0 spiro atoms. The van der Waals surface area contributed by atoms with Gasteiger partial charge < -0.3 is 5.32 Å². The molecule has 0 atom stereocenters. The molecule has 222 valence electrons. The highest BCUT2D eigenvalue weighted by atomic mass is 32.2. The topological polar surface area (TPSA) is 118 Å². The summed E-state index contributed by atoms with van der Waals surface area (Å²) in [6.45, 7) is -0.0221. The van der Waals surface area contributed by atoms with Crippen LogP contribution in [0.3, 0.4) is 0 Å². The van der Waals surface area contributed by atoms with Crippen LogP contribution in [0.25, 0.3) is 16.9 Å². The number of amides is 1. The van der Waals surface area contributed by atoms with Crippen molar-refractivity contribution in [3.8, 4) is 11.3 Å². The van der Waals surface area contributed by atoms with Crippen LogP contribution in [0.5, 0.6) is 0 Å². The van der Waals surface area contributed by atoms with E-state index in [1.807, 2.05) is 0 Å². The van der Waals surface area contributed by atoms with Gasteiger partial charge in [0.2, 0.25) is 10.0 Å². The SMILES string of the molecule is O=C(Nc1cccc(S(=O)(=O)NCc2ccncc2)c1)c1cc2nc(-c3ccc(C(F)(F)F)cc3)cc(C(F)(F)F)n2n1. The number of nitrogens with one attached hydrogen (secondary N) is 2. The number of carbonyl (C=O) groups is 1. The van der Waals surface area contributed by atoms with Crippen LogP contribution in [0.15, 0.2) is 90.1 Å². The maximum Gasteiger partial charge on any atom is 0.433 e. The zero-order valence-electron chi connectivity index (χ0n) is 21.5. The van der Waals surface area contributed by atoms with Gasteiger partial charge in [-0.1, -0.05) is 18.2 Å². The molecular formula is C27H18F6N6O3S. The van der Waals surface area contributed by atoms with Gasteiger partial charge in [-0.05, 0) is 54.1 Å². The van der Waals surface area contributed by atoms with Crippen molar-refractivity contribution in [3.63, 3.8) is 0 Å². The number of hydrogen-bond acceptors (Lipinski definition) is 6. The van der Waals surface area contributed by atoms with E-state index in [-0.39, 0.29) is 28.4 Å². The first-order valence-corrected chi connectivity index (χ1v) is 13.6. The Morgan fingerprint density at radius 1 is 0.860 bits per heavy atom. The number of aromatic nitrogens is 4. The van der Waals surface area contributed by atoms with Crippen LogP contribution in [-0.2, 0) is 28.9 Å². The smallest absolute Gasteiger partial charge is 0.321 e. The van der Waals surface area contributed by atoms with Gasteiger partial charge in [-0.2, -0.15) is 31.4 Å². The molecule has 3 aromatic heterocycles. The highest BCUT2D eigenvalue weighted by Crippen LogP contribution is 2.34. The molecule has 5 rings (SSSR count). The van der Waals surface area contributed by atoms with Gasteiger partial charge in [0.25, 0.3) is 5.91 Å². The number of rotatable bonds is 7. The molecule has 3 heterocycles. The molecule has 43 heavy (non-hydrogen) atoms. The number of nitrogens with zero attached hydrogens (tertiary/aromatic N) is 4. The summed E-state index contributed by atoms with van der Waals surface area (Å²) in [7, 11) is -4.00. The molecule has 1 amide bonds. The lowest BCUT2D eigenvalue weighted by Gasteiger charge is -2.12. The lowest BCUT2D eigenvalue weighted by atomic mass is 10.1. The van der Waals surface area contributed by atoms with E-state index >= 15 is 0 Å². The fraction of sp³-hybridized carbons (Fsp3) is 0.111. The van der Waals surface area contributed by atoms with Crippen LogP contribution < -0.4 is 10.0 Å². The van der Waals surface area contributed by atoms with Gasteiger partial charge >= 0.3 is 12.4 Å². The average molecular weight is 621 g/mol. The van der Waals surface area contributed by atoms with E-state index in [1.54, 1.807) is 12.1 Å². The van der Waals surface area contributed by atoms with Gasteiger partial charge in [0, 0.05) is 36.3 Å². The normalized spacial score (nSPS) is 12.4. The minimum Gasteiger partial charge on any atom is -0.321 e. The Labute approximate surface area is 239 Å². The summed E-state index contributed by atoms with van der Waals surface area (Å²) in [5.74, 6) is -0.964. The molecule has 0 bridgehead atoms. The second-order valence-corrected chi connectivity index (χ2v) is 10.8. The lowest BCUT2D eigenvalue weighted by molar-refractivity contribution is -0.142. The second-order valence-electron chi connectivity index (χ2n) is 9.06. The Morgan fingerprint density at radius 2 is 1.56 bits per heavy atom. The fourth-order valence-corrected chi connectivity index (χ4v) is 5.03. The molecule has 0 aliphatic rings. The zero-order valence-corrected chi connectivity index (χ0v) is 22.3. The summed E-state index contributed by atoms with van der Waals surface area (Å²) < 4.78 is 109.